The first-order valence-corrected chi connectivity index (χ1v) is 4.81. The minimum absolute atomic E-state index is 0.0608. The summed E-state index contributed by atoms with van der Waals surface area (Å²) in [5, 5.41) is 16.4. The number of carbonyl (C=O) groups is 1. The van der Waals surface area contributed by atoms with Crippen LogP contribution in [0, 0.1) is 17.4 Å². The monoisotopic (exact) mass is 220 g/mol. The molecule has 16 heavy (non-hydrogen) atoms. The van der Waals surface area contributed by atoms with E-state index in [0.717, 1.165) is 0 Å². The van der Waals surface area contributed by atoms with Crippen LogP contribution in [-0.4, -0.2) is 16.2 Å². The lowest BCUT2D eigenvalue weighted by atomic mass is 9.99. The van der Waals surface area contributed by atoms with Gasteiger partial charge in [-0.3, -0.25) is 0 Å². The minimum atomic E-state index is -0.879. The van der Waals surface area contributed by atoms with E-state index in [1.165, 1.54) is 0 Å². The van der Waals surface area contributed by atoms with Crippen LogP contribution in [0.3, 0.4) is 0 Å². The molecule has 0 aliphatic heterocycles. The second-order valence-electron chi connectivity index (χ2n) is 4.16. The van der Waals surface area contributed by atoms with Crippen molar-refractivity contribution in [1.82, 2.24) is 0 Å². The van der Waals surface area contributed by atoms with E-state index < -0.39 is 5.97 Å². The molecule has 0 atom stereocenters. The highest BCUT2D eigenvalue weighted by atomic mass is 16.4. The summed E-state index contributed by atoms with van der Waals surface area (Å²) in [6, 6.07) is 8.30. The molecule has 86 valence electrons. The Hall–Kier alpha value is -1.95. The standard InChI is InChI=1S/C7H6O2.C6H10O/c8-7(9)6-4-2-1-3-5-6;1-6(2,3)4-5-7/h1-5H,(H,8,9);7H,1-3H3. The van der Waals surface area contributed by atoms with E-state index in [2.05, 4.69) is 5.92 Å². The number of carboxylic acid groups (broad SMARTS) is 1. The summed E-state index contributed by atoms with van der Waals surface area (Å²) in [5.41, 5.74) is 0.270. The van der Waals surface area contributed by atoms with Crippen LogP contribution in [0.5, 0.6) is 0 Å². The summed E-state index contributed by atoms with van der Waals surface area (Å²) in [4.78, 5) is 10.2. The van der Waals surface area contributed by atoms with Crippen molar-refractivity contribution in [3.8, 4) is 12.0 Å². The van der Waals surface area contributed by atoms with Gasteiger partial charge in [-0.2, -0.15) is 0 Å². The largest absolute Gasteiger partial charge is 0.478 e. The van der Waals surface area contributed by atoms with E-state index in [0.29, 0.717) is 5.56 Å². The molecule has 3 nitrogen and oxygen atoms in total. The number of aliphatic hydroxyl groups is 1. The highest BCUT2D eigenvalue weighted by Gasteiger charge is 2.02. The predicted molar refractivity (Wildman–Crippen MR) is 62.6 cm³/mol. The lowest BCUT2D eigenvalue weighted by Gasteiger charge is -2.04. The second-order valence-corrected chi connectivity index (χ2v) is 4.16. The van der Waals surface area contributed by atoms with Crippen molar-refractivity contribution < 1.29 is 15.0 Å². The zero-order valence-corrected chi connectivity index (χ0v) is 9.69. The molecule has 0 heterocycles. The molecular weight excluding hydrogens is 204 g/mol. The van der Waals surface area contributed by atoms with Crippen molar-refractivity contribution >= 4 is 5.97 Å². The van der Waals surface area contributed by atoms with Crippen LogP contribution in [0.1, 0.15) is 31.1 Å². The maximum Gasteiger partial charge on any atom is 0.335 e. The first-order valence-electron chi connectivity index (χ1n) is 4.81. The van der Waals surface area contributed by atoms with E-state index >= 15 is 0 Å². The first kappa shape index (κ1) is 14.1. The van der Waals surface area contributed by atoms with Gasteiger partial charge in [-0.15, -0.1) is 0 Å². The Morgan fingerprint density at radius 1 is 1.19 bits per heavy atom. The van der Waals surface area contributed by atoms with E-state index in [4.69, 9.17) is 10.2 Å². The SMILES string of the molecule is CC(C)(C)C#CO.O=C(O)c1ccccc1. The molecule has 2 N–H and O–H groups in total. The lowest BCUT2D eigenvalue weighted by Crippen LogP contribution is -1.98. The van der Waals surface area contributed by atoms with Crippen LogP contribution >= 0.6 is 0 Å². The number of hydrogen-bond donors (Lipinski definition) is 2. The van der Waals surface area contributed by atoms with Gasteiger partial charge in [-0.05, 0) is 32.9 Å². The van der Waals surface area contributed by atoms with Crippen molar-refractivity contribution in [3.05, 3.63) is 35.9 Å². The predicted octanol–water partition coefficient (Wildman–Crippen LogP) is 2.75. The lowest BCUT2D eigenvalue weighted by molar-refractivity contribution is 0.0697. The van der Waals surface area contributed by atoms with Crippen molar-refractivity contribution in [2.24, 2.45) is 5.41 Å². The summed E-state index contributed by atoms with van der Waals surface area (Å²) in [5.74, 6) is 1.71. The van der Waals surface area contributed by atoms with Crippen LogP contribution < -0.4 is 0 Å². The number of aliphatic hydroxyl groups excluding tert-OH is 1. The molecule has 0 amide bonds. The number of benzene rings is 1. The smallest absolute Gasteiger partial charge is 0.335 e. The quantitative estimate of drug-likeness (QED) is 0.715. The van der Waals surface area contributed by atoms with Gasteiger partial charge in [0, 0.05) is 5.41 Å². The average Bonchev–Trinajstić information content (AvgIpc) is 2.18. The fourth-order valence-corrected chi connectivity index (χ4v) is 0.748. The Kier molecular flexibility index (Phi) is 5.72. The highest BCUT2D eigenvalue weighted by molar-refractivity contribution is 5.87. The maximum atomic E-state index is 10.2. The van der Waals surface area contributed by atoms with Crippen molar-refractivity contribution in [3.63, 3.8) is 0 Å². The number of rotatable bonds is 1. The van der Waals surface area contributed by atoms with Gasteiger partial charge in [0.1, 0.15) is 6.11 Å². The Balaban J connectivity index is 0.000000293. The molecular formula is C13H16O3. The average molecular weight is 220 g/mol. The van der Waals surface area contributed by atoms with Gasteiger partial charge in [-0.25, -0.2) is 4.79 Å². The molecule has 3 heteroatoms. The van der Waals surface area contributed by atoms with Crippen molar-refractivity contribution in [2.75, 3.05) is 0 Å². The Morgan fingerprint density at radius 3 is 1.88 bits per heavy atom. The van der Waals surface area contributed by atoms with Crippen LogP contribution in [-0.2, 0) is 0 Å². The summed E-state index contributed by atoms with van der Waals surface area (Å²) in [6.07, 6.45) is 1.86. The fourth-order valence-electron chi connectivity index (χ4n) is 0.748. The highest BCUT2D eigenvalue weighted by Crippen LogP contribution is 2.08. The molecule has 0 unspecified atom stereocenters. The molecule has 0 bridgehead atoms. The van der Waals surface area contributed by atoms with Crippen LogP contribution in [0.15, 0.2) is 30.3 Å². The van der Waals surface area contributed by atoms with Gasteiger partial charge < -0.3 is 10.2 Å². The van der Waals surface area contributed by atoms with Crippen LogP contribution in [0.4, 0.5) is 0 Å². The summed E-state index contributed by atoms with van der Waals surface area (Å²) in [7, 11) is 0. The number of hydrogen-bond acceptors (Lipinski definition) is 2. The second kappa shape index (κ2) is 6.52. The van der Waals surface area contributed by atoms with Crippen LogP contribution in [0.2, 0.25) is 0 Å². The third kappa shape index (κ3) is 7.45. The van der Waals surface area contributed by atoms with Crippen molar-refractivity contribution in [2.45, 2.75) is 20.8 Å². The summed E-state index contributed by atoms with van der Waals surface area (Å²) < 4.78 is 0. The molecule has 1 rings (SSSR count). The molecule has 0 aliphatic rings. The normalized spacial score (nSPS) is 9.19. The topological polar surface area (TPSA) is 57.5 Å². The zero-order chi connectivity index (χ0) is 12.6. The molecule has 0 saturated heterocycles. The van der Waals surface area contributed by atoms with Crippen molar-refractivity contribution in [1.29, 1.82) is 0 Å². The van der Waals surface area contributed by atoms with Gasteiger partial charge in [0.2, 0.25) is 0 Å². The molecule has 0 fully saturated rings. The summed E-state index contributed by atoms with van der Waals surface area (Å²) in [6.45, 7) is 5.82. The first-order chi connectivity index (χ1) is 7.37. The third-order valence-electron chi connectivity index (χ3n) is 1.45. The Bertz CT molecular complexity index is 377. The molecule has 0 radical (unpaired) electrons. The van der Waals surface area contributed by atoms with Crippen LogP contribution in [0.25, 0.3) is 0 Å². The van der Waals surface area contributed by atoms with E-state index in [9.17, 15) is 4.79 Å². The Morgan fingerprint density at radius 2 is 1.69 bits per heavy atom. The van der Waals surface area contributed by atoms with Gasteiger partial charge in [0.05, 0.1) is 5.56 Å². The van der Waals surface area contributed by atoms with Gasteiger partial charge >= 0.3 is 5.97 Å². The molecule has 0 aromatic heterocycles. The van der Waals surface area contributed by atoms with Gasteiger partial charge in [0.15, 0.2) is 0 Å². The zero-order valence-electron chi connectivity index (χ0n) is 9.69. The van der Waals surface area contributed by atoms with E-state index in [1.54, 1.807) is 30.3 Å². The molecule has 1 aromatic rings. The minimum Gasteiger partial charge on any atom is -0.478 e. The Labute approximate surface area is 95.7 Å². The summed E-state index contributed by atoms with van der Waals surface area (Å²) >= 11 is 0. The molecule has 0 saturated carbocycles. The van der Waals surface area contributed by atoms with E-state index in [1.807, 2.05) is 26.9 Å². The van der Waals surface area contributed by atoms with Gasteiger partial charge in [0.25, 0.3) is 0 Å². The van der Waals surface area contributed by atoms with Gasteiger partial charge in [-0.1, -0.05) is 24.1 Å². The molecule has 0 aliphatic carbocycles. The third-order valence-corrected chi connectivity index (χ3v) is 1.45. The number of aromatic carboxylic acids is 1. The van der Waals surface area contributed by atoms with E-state index in [-0.39, 0.29) is 5.41 Å². The molecule has 1 aromatic carbocycles. The molecule has 0 spiro atoms. The fraction of sp³-hybridized carbons (Fsp3) is 0.308. The maximum absolute atomic E-state index is 10.2. The number of carboxylic acids is 1.